The molecule has 4 aromatic rings. The van der Waals surface area contributed by atoms with Crippen molar-refractivity contribution in [1.82, 2.24) is 29.5 Å². The molecule has 140 valence electrons. The van der Waals surface area contributed by atoms with Gasteiger partial charge in [-0.3, -0.25) is 5.10 Å². The van der Waals surface area contributed by atoms with Crippen molar-refractivity contribution in [3.05, 3.63) is 41.5 Å². The highest BCUT2D eigenvalue weighted by atomic mass is 19.4. The molecule has 14 heteroatoms. The molecule has 0 atom stereocenters. The Balaban J connectivity index is 1.85. The lowest BCUT2D eigenvalue weighted by atomic mass is 9.64. The van der Waals surface area contributed by atoms with E-state index in [1.54, 1.807) is 0 Å². The van der Waals surface area contributed by atoms with Gasteiger partial charge in [0.05, 0.1) is 5.69 Å². The largest absolute Gasteiger partial charge is 0.451 e. The number of hydrogen-bond acceptors (Lipinski definition) is 4. The lowest BCUT2D eigenvalue weighted by molar-refractivity contribution is -0.144. The monoisotopic (exact) mass is 402 g/mol. The number of H-pyrrole nitrogens is 1. The van der Waals surface area contributed by atoms with Crippen LogP contribution in [0.15, 0.2) is 18.6 Å². The fourth-order valence-corrected chi connectivity index (χ4v) is 2.92. The molecule has 0 unspecified atom stereocenters. The van der Waals surface area contributed by atoms with Crippen LogP contribution in [0.5, 0.6) is 0 Å². The summed E-state index contributed by atoms with van der Waals surface area (Å²) in [6.45, 7) is 0. The molecule has 0 spiro atoms. The van der Waals surface area contributed by atoms with Crippen LogP contribution in [0.4, 0.5) is 17.6 Å². The zero-order chi connectivity index (χ0) is 21.8. The molecule has 0 amide bonds. The molecule has 0 fully saturated rings. The Bertz CT molecular complexity index is 1250. The Kier molecular flexibility index (Phi) is 4.74. The molecule has 4 rings (SSSR count). The normalized spacial score (nSPS) is 12.0. The number of aromatic nitrogens is 6. The molecule has 3 heterocycles. The lowest BCUT2D eigenvalue weighted by Crippen LogP contribution is -2.50. The molecule has 8 radical (unpaired) electrons. The minimum Gasteiger partial charge on any atom is -0.303 e. The van der Waals surface area contributed by atoms with Gasteiger partial charge in [0, 0.05) is 25.0 Å². The number of halogens is 4. The third-order valence-electron chi connectivity index (χ3n) is 4.47. The quantitative estimate of drug-likeness (QED) is 0.333. The average molecular weight is 402 g/mol. The number of hydrogen-bond donors (Lipinski definition) is 1. The van der Waals surface area contributed by atoms with E-state index >= 15 is 0 Å². The summed E-state index contributed by atoms with van der Waals surface area (Å²) in [5.74, 6) is -2.45. The highest BCUT2D eigenvalue weighted by molar-refractivity contribution is 6.62. The summed E-state index contributed by atoms with van der Waals surface area (Å²) in [6, 6.07) is 0. The average Bonchev–Trinajstić information content (AvgIpc) is 3.37. The summed E-state index contributed by atoms with van der Waals surface area (Å²) < 4.78 is 54.7. The number of fused-ring (bicyclic) bond motifs is 1. The minimum absolute atomic E-state index is 0.00221. The third kappa shape index (κ3) is 3.29. The second-order valence-corrected chi connectivity index (χ2v) is 6.36. The molecular formula is C16H6B4F4N6. The zero-order valence-electron chi connectivity index (χ0n) is 15.0. The molecule has 0 aliphatic carbocycles. The number of benzene rings is 1. The summed E-state index contributed by atoms with van der Waals surface area (Å²) in [5.41, 5.74) is -0.310. The van der Waals surface area contributed by atoms with Crippen molar-refractivity contribution in [1.29, 1.82) is 0 Å². The van der Waals surface area contributed by atoms with E-state index in [0.29, 0.717) is 5.65 Å². The first-order valence-electron chi connectivity index (χ1n) is 8.30. The summed E-state index contributed by atoms with van der Waals surface area (Å²) >= 11 is 0. The molecule has 1 aromatic carbocycles. The van der Waals surface area contributed by atoms with Crippen LogP contribution < -0.4 is 21.9 Å². The Labute approximate surface area is 172 Å². The van der Waals surface area contributed by atoms with Crippen LogP contribution in [0.1, 0.15) is 17.1 Å². The smallest absolute Gasteiger partial charge is 0.303 e. The van der Waals surface area contributed by atoms with E-state index in [9.17, 15) is 17.6 Å². The molecule has 0 saturated heterocycles. The van der Waals surface area contributed by atoms with Crippen molar-refractivity contribution in [2.45, 2.75) is 12.6 Å². The van der Waals surface area contributed by atoms with Crippen molar-refractivity contribution in [2.75, 3.05) is 0 Å². The van der Waals surface area contributed by atoms with Crippen LogP contribution in [0, 0.1) is 5.82 Å². The summed E-state index contributed by atoms with van der Waals surface area (Å²) in [6.07, 6.45) is -0.552. The summed E-state index contributed by atoms with van der Waals surface area (Å²) in [5, 5.41) is 5.38. The predicted molar refractivity (Wildman–Crippen MR) is 104 cm³/mol. The van der Waals surface area contributed by atoms with E-state index in [1.807, 2.05) is 5.10 Å². The Hall–Kier alpha value is -3.04. The number of alkyl halides is 3. The molecule has 1 N–H and O–H groups in total. The van der Waals surface area contributed by atoms with E-state index in [1.165, 1.54) is 23.0 Å². The van der Waals surface area contributed by atoms with Crippen molar-refractivity contribution >= 4 is 58.9 Å². The standard InChI is InChI=1S/C16H6B4F4N6/c17-8-5(12(21)11(20)10(19)9(8)18)3-6-14-25-1-2-30(14)4-7(26-6)13-27-15(29-28-13)16(22,23)24/h1-2,4H,3H2,(H,27,28,29). The Morgan fingerprint density at radius 3 is 2.37 bits per heavy atom. The summed E-state index contributed by atoms with van der Waals surface area (Å²) in [7, 11) is 23.0. The topological polar surface area (TPSA) is 71.8 Å². The molecule has 0 aliphatic rings. The van der Waals surface area contributed by atoms with E-state index in [-0.39, 0.29) is 51.0 Å². The minimum atomic E-state index is -4.70. The predicted octanol–water partition coefficient (Wildman–Crippen LogP) is -1.56. The molecule has 0 saturated carbocycles. The molecule has 0 bridgehead atoms. The molecule has 6 nitrogen and oxygen atoms in total. The second-order valence-electron chi connectivity index (χ2n) is 6.36. The van der Waals surface area contributed by atoms with Crippen molar-refractivity contribution < 1.29 is 17.6 Å². The van der Waals surface area contributed by atoms with Crippen molar-refractivity contribution in [2.24, 2.45) is 0 Å². The fourth-order valence-electron chi connectivity index (χ4n) is 2.92. The maximum atomic E-state index is 14.7. The fraction of sp³-hybridized carbons (Fsp3) is 0.125. The van der Waals surface area contributed by atoms with Gasteiger partial charge in [0.15, 0.2) is 5.65 Å². The van der Waals surface area contributed by atoms with E-state index < -0.39 is 17.8 Å². The Morgan fingerprint density at radius 2 is 1.70 bits per heavy atom. The highest BCUT2D eigenvalue weighted by Crippen LogP contribution is 2.27. The molecular weight excluding hydrogens is 395 g/mol. The van der Waals surface area contributed by atoms with Gasteiger partial charge in [-0.05, 0) is 5.56 Å². The van der Waals surface area contributed by atoms with Gasteiger partial charge in [-0.15, -0.1) is 10.9 Å². The van der Waals surface area contributed by atoms with Crippen LogP contribution in [0.3, 0.4) is 0 Å². The third-order valence-corrected chi connectivity index (χ3v) is 4.47. The van der Waals surface area contributed by atoms with E-state index in [2.05, 4.69) is 20.1 Å². The zero-order valence-corrected chi connectivity index (χ0v) is 15.0. The maximum Gasteiger partial charge on any atom is 0.451 e. The first-order valence-corrected chi connectivity index (χ1v) is 8.30. The van der Waals surface area contributed by atoms with Crippen molar-refractivity contribution in [3.63, 3.8) is 0 Å². The highest BCUT2D eigenvalue weighted by Gasteiger charge is 2.35. The van der Waals surface area contributed by atoms with Crippen LogP contribution in [-0.4, -0.2) is 60.9 Å². The molecule has 3 aromatic heterocycles. The number of aromatic amines is 1. The van der Waals surface area contributed by atoms with Gasteiger partial charge < -0.3 is 4.40 Å². The molecule has 30 heavy (non-hydrogen) atoms. The lowest BCUT2D eigenvalue weighted by Gasteiger charge is -2.18. The van der Waals surface area contributed by atoms with Gasteiger partial charge >= 0.3 is 6.18 Å². The summed E-state index contributed by atoms with van der Waals surface area (Å²) in [4.78, 5) is 11.8. The van der Waals surface area contributed by atoms with Gasteiger partial charge in [0.2, 0.25) is 11.6 Å². The van der Waals surface area contributed by atoms with Gasteiger partial charge in [0.25, 0.3) is 0 Å². The van der Waals surface area contributed by atoms with Crippen LogP contribution in [-0.2, 0) is 12.6 Å². The van der Waals surface area contributed by atoms with E-state index in [0.717, 1.165) is 0 Å². The van der Waals surface area contributed by atoms with Crippen LogP contribution in [0.2, 0.25) is 0 Å². The SMILES string of the molecule is [B]c1c([B])c([B])c(Cc2nc(-c3n[nH]c(C(F)(F)F)n3)cn3ccnc23)c(F)c1[B]. The first-order chi connectivity index (χ1) is 14.1. The second kappa shape index (κ2) is 7.03. The van der Waals surface area contributed by atoms with Gasteiger partial charge in [-0.1, -0.05) is 10.9 Å². The maximum absolute atomic E-state index is 14.7. The number of nitrogens with zero attached hydrogens (tertiary/aromatic N) is 5. The van der Waals surface area contributed by atoms with Gasteiger partial charge in [-0.25, -0.2) is 19.3 Å². The molecule has 0 aliphatic heterocycles. The van der Waals surface area contributed by atoms with Crippen LogP contribution >= 0.6 is 0 Å². The van der Waals surface area contributed by atoms with Gasteiger partial charge in [0.1, 0.15) is 42.9 Å². The first kappa shape index (κ1) is 20.2. The number of imidazole rings is 1. The number of rotatable bonds is 3. The Morgan fingerprint density at radius 1 is 1.00 bits per heavy atom. The van der Waals surface area contributed by atoms with Crippen molar-refractivity contribution in [3.8, 4) is 11.5 Å². The van der Waals surface area contributed by atoms with Crippen LogP contribution in [0.25, 0.3) is 17.2 Å². The van der Waals surface area contributed by atoms with E-state index in [4.69, 9.17) is 31.4 Å². The number of nitrogens with one attached hydrogen (secondary N) is 1. The van der Waals surface area contributed by atoms with Gasteiger partial charge in [-0.2, -0.15) is 18.3 Å².